The van der Waals surface area contributed by atoms with Crippen LogP contribution in [0.15, 0.2) is 41.3 Å². The lowest BCUT2D eigenvalue weighted by Gasteiger charge is -2.27. The van der Waals surface area contributed by atoms with E-state index in [-0.39, 0.29) is 24.5 Å². The molecule has 2 aromatic rings. The van der Waals surface area contributed by atoms with Gasteiger partial charge in [0.25, 0.3) is 0 Å². The minimum absolute atomic E-state index is 0.110. The molecule has 0 bridgehead atoms. The van der Waals surface area contributed by atoms with Gasteiger partial charge >= 0.3 is 0 Å². The number of morpholine rings is 1. The molecule has 7 nitrogen and oxygen atoms in total. The van der Waals surface area contributed by atoms with Crippen molar-refractivity contribution in [2.45, 2.75) is 18.7 Å². The van der Waals surface area contributed by atoms with Crippen LogP contribution in [-0.4, -0.2) is 58.0 Å². The van der Waals surface area contributed by atoms with Gasteiger partial charge in [0.1, 0.15) is 0 Å². The first-order valence-electron chi connectivity index (χ1n) is 9.90. The van der Waals surface area contributed by atoms with E-state index in [4.69, 9.17) is 4.74 Å². The van der Waals surface area contributed by atoms with Gasteiger partial charge in [0.05, 0.1) is 24.7 Å². The first-order valence-corrected chi connectivity index (χ1v) is 11.3. The van der Waals surface area contributed by atoms with Crippen molar-refractivity contribution >= 4 is 27.3 Å². The van der Waals surface area contributed by atoms with E-state index in [0.29, 0.717) is 36.7 Å². The SMILES string of the molecule is CCN(CC(=O)Nc1ccc(C)c(S(=O)(=O)N2CCOCC2)c1)c1ccc(F)c(F)c1. The quantitative estimate of drug-likeness (QED) is 0.698. The Labute approximate surface area is 180 Å². The highest BCUT2D eigenvalue weighted by molar-refractivity contribution is 7.89. The average Bonchev–Trinajstić information content (AvgIpc) is 2.76. The number of anilines is 2. The largest absolute Gasteiger partial charge is 0.379 e. The van der Waals surface area contributed by atoms with E-state index in [1.807, 2.05) is 0 Å². The number of hydrogen-bond acceptors (Lipinski definition) is 5. The van der Waals surface area contributed by atoms with E-state index in [1.54, 1.807) is 30.9 Å². The topological polar surface area (TPSA) is 79.0 Å². The van der Waals surface area contributed by atoms with E-state index in [2.05, 4.69) is 5.32 Å². The molecule has 0 saturated carbocycles. The van der Waals surface area contributed by atoms with E-state index in [1.165, 1.54) is 16.4 Å². The number of aryl methyl sites for hydroxylation is 1. The normalized spacial score (nSPS) is 15.0. The molecule has 31 heavy (non-hydrogen) atoms. The van der Waals surface area contributed by atoms with Gasteiger partial charge < -0.3 is 15.0 Å². The number of carbonyl (C=O) groups excluding carboxylic acids is 1. The van der Waals surface area contributed by atoms with E-state index in [9.17, 15) is 22.0 Å². The summed E-state index contributed by atoms with van der Waals surface area (Å²) in [6, 6.07) is 8.13. The molecule has 1 aliphatic rings. The van der Waals surface area contributed by atoms with Crippen LogP contribution in [0.5, 0.6) is 0 Å². The van der Waals surface area contributed by atoms with Crippen LogP contribution >= 0.6 is 0 Å². The molecule has 0 aliphatic carbocycles. The molecule has 0 spiro atoms. The van der Waals surface area contributed by atoms with Gasteiger partial charge in [0.2, 0.25) is 15.9 Å². The summed E-state index contributed by atoms with van der Waals surface area (Å²) in [7, 11) is -3.72. The van der Waals surface area contributed by atoms with Gasteiger partial charge in [-0.3, -0.25) is 4.79 Å². The van der Waals surface area contributed by atoms with Gasteiger partial charge in [0.15, 0.2) is 11.6 Å². The molecule has 1 fully saturated rings. The summed E-state index contributed by atoms with van der Waals surface area (Å²) in [4.78, 5) is 14.3. The summed E-state index contributed by atoms with van der Waals surface area (Å²) in [5.74, 6) is -2.36. The maximum absolute atomic E-state index is 13.5. The summed E-state index contributed by atoms with van der Waals surface area (Å²) in [5, 5.41) is 2.69. The summed E-state index contributed by atoms with van der Waals surface area (Å²) < 4.78 is 59.3. The van der Waals surface area contributed by atoms with Crippen LogP contribution in [-0.2, 0) is 19.6 Å². The molecule has 168 valence electrons. The number of hydrogen-bond donors (Lipinski definition) is 1. The number of amides is 1. The van der Waals surface area contributed by atoms with Gasteiger partial charge in [-0.05, 0) is 43.7 Å². The lowest BCUT2D eigenvalue weighted by Crippen LogP contribution is -2.40. The molecule has 0 atom stereocenters. The van der Waals surface area contributed by atoms with Gasteiger partial charge in [-0.15, -0.1) is 0 Å². The van der Waals surface area contributed by atoms with Gasteiger partial charge in [0, 0.05) is 37.1 Å². The fourth-order valence-electron chi connectivity index (χ4n) is 3.32. The second-order valence-corrected chi connectivity index (χ2v) is 9.06. The second kappa shape index (κ2) is 9.71. The average molecular weight is 454 g/mol. The summed E-state index contributed by atoms with van der Waals surface area (Å²) in [6.07, 6.45) is 0. The number of likely N-dealkylation sites (N-methyl/N-ethyl adjacent to an activating group) is 1. The number of benzene rings is 2. The van der Waals surface area contributed by atoms with Crippen LogP contribution in [0.25, 0.3) is 0 Å². The first kappa shape index (κ1) is 23.1. The van der Waals surface area contributed by atoms with Crippen molar-refractivity contribution < 1.29 is 26.7 Å². The minimum Gasteiger partial charge on any atom is -0.379 e. The van der Waals surface area contributed by atoms with Crippen LogP contribution in [0.2, 0.25) is 0 Å². The molecule has 1 amide bonds. The zero-order valence-electron chi connectivity index (χ0n) is 17.4. The summed E-state index contributed by atoms with van der Waals surface area (Å²) in [6.45, 7) is 4.99. The Morgan fingerprint density at radius 3 is 2.48 bits per heavy atom. The third-order valence-electron chi connectivity index (χ3n) is 5.04. The maximum atomic E-state index is 13.5. The third kappa shape index (κ3) is 5.38. The van der Waals surface area contributed by atoms with Crippen molar-refractivity contribution in [1.29, 1.82) is 0 Å². The molecule has 1 saturated heterocycles. The monoisotopic (exact) mass is 453 g/mol. The van der Waals surface area contributed by atoms with Crippen LogP contribution in [0.1, 0.15) is 12.5 Å². The molecule has 10 heteroatoms. The van der Waals surface area contributed by atoms with E-state index < -0.39 is 27.6 Å². The third-order valence-corrected chi connectivity index (χ3v) is 7.08. The highest BCUT2D eigenvalue weighted by Gasteiger charge is 2.28. The first-order chi connectivity index (χ1) is 14.7. The number of rotatable bonds is 7. The van der Waals surface area contributed by atoms with Crippen molar-refractivity contribution in [3.8, 4) is 0 Å². The number of ether oxygens (including phenoxy) is 1. The smallest absolute Gasteiger partial charge is 0.243 e. The minimum atomic E-state index is -3.72. The number of nitrogens with one attached hydrogen (secondary N) is 1. The maximum Gasteiger partial charge on any atom is 0.243 e. The van der Waals surface area contributed by atoms with Gasteiger partial charge in [-0.25, -0.2) is 17.2 Å². The Morgan fingerprint density at radius 2 is 1.84 bits per heavy atom. The number of nitrogens with zero attached hydrogens (tertiary/aromatic N) is 2. The fourth-order valence-corrected chi connectivity index (χ4v) is 4.98. The highest BCUT2D eigenvalue weighted by atomic mass is 32.2. The van der Waals surface area contributed by atoms with Crippen molar-refractivity contribution in [3.63, 3.8) is 0 Å². The Bertz CT molecular complexity index is 1060. The summed E-state index contributed by atoms with van der Waals surface area (Å²) in [5.41, 5.74) is 1.28. The Balaban J connectivity index is 1.75. The molecule has 1 N–H and O–H groups in total. The Morgan fingerprint density at radius 1 is 1.13 bits per heavy atom. The van der Waals surface area contributed by atoms with E-state index >= 15 is 0 Å². The molecule has 1 heterocycles. The molecule has 2 aromatic carbocycles. The molecule has 0 unspecified atom stereocenters. The lowest BCUT2D eigenvalue weighted by molar-refractivity contribution is -0.115. The Kier molecular flexibility index (Phi) is 7.24. The molecular weight excluding hydrogens is 428 g/mol. The van der Waals surface area contributed by atoms with Crippen molar-refractivity contribution in [3.05, 3.63) is 53.6 Å². The van der Waals surface area contributed by atoms with Crippen molar-refractivity contribution in [1.82, 2.24) is 4.31 Å². The predicted molar refractivity (Wildman–Crippen MR) is 114 cm³/mol. The Hall–Kier alpha value is -2.56. The van der Waals surface area contributed by atoms with Crippen LogP contribution in [0, 0.1) is 18.6 Å². The summed E-state index contributed by atoms with van der Waals surface area (Å²) >= 11 is 0. The second-order valence-electron chi connectivity index (χ2n) is 7.16. The molecular formula is C21H25F2N3O4S. The predicted octanol–water partition coefficient (Wildman–Crippen LogP) is 2.76. The van der Waals surface area contributed by atoms with Gasteiger partial charge in [-0.2, -0.15) is 4.31 Å². The standard InChI is InChI=1S/C21H25F2N3O4S/c1-3-25(17-6-7-18(22)19(23)13-17)14-21(27)24-16-5-4-15(2)20(12-16)31(28,29)26-8-10-30-11-9-26/h4-7,12-13H,3,8-11,14H2,1-2H3,(H,24,27). The fraction of sp³-hybridized carbons (Fsp3) is 0.381. The van der Waals surface area contributed by atoms with Gasteiger partial charge in [-0.1, -0.05) is 6.07 Å². The molecule has 0 aromatic heterocycles. The molecule has 0 radical (unpaired) electrons. The highest BCUT2D eigenvalue weighted by Crippen LogP contribution is 2.25. The zero-order valence-corrected chi connectivity index (χ0v) is 18.2. The zero-order chi connectivity index (χ0) is 22.6. The molecule has 3 rings (SSSR count). The molecule has 1 aliphatic heterocycles. The van der Waals surface area contributed by atoms with Crippen molar-refractivity contribution in [2.24, 2.45) is 0 Å². The van der Waals surface area contributed by atoms with Crippen LogP contribution < -0.4 is 10.2 Å². The van der Waals surface area contributed by atoms with Crippen molar-refractivity contribution in [2.75, 3.05) is 49.6 Å². The lowest BCUT2D eigenvalue weighted by atomic mass is 10.2. The van der Waals surface area contributed by atoms with Crippen LogP contribution in [0.4, 0.5) is 20.2 Å². The number of sulfonamides is 1. The van der Waals surface area contributed by atoms with Crippen LogP contribution in [0.3, 0.4) is 0 Å². The number of carbonyl (C=O) groups is 1. The van der Waals surface area contributed by atoms with E-state index in [0.717, 1.165) is 12.1 Å². The number of halogens is 2.